The van der Waals surface area contributed by atoms with Gasteiger partial charge in [-0.15, -0.1) is 6.42 Å². The lowest BCUT2D eigenvalue weighted by atomic mass is 10.2. The molecule has 1 aromatic rings. The molecule has 0 aliphatic rings. The third kappa shape index (κ3) is 4.64. The average Bonchev–Trinajstić information content (AvgIpc) is 2.36. The molecule has 0 bridgehead atoms. The minimum atomic E-state index is -3.86. The molecule has 6 heteroatoms. The number of hydrogen-bond donors (Lipinski definition) is 0. The lowest BCUT2D eigenvalue weighted by Gasteiger charge is -2.06. The van der Waals surface area contributed by atoms with Gasteiger partial charge in [-0.05, 0) is 26.0 Å². The predicted molar refractivity (Wildman–Crippen MR) is 72.2 cm³/mol. The van der Waals surface area contributed by atoms with Crippen molar-refractivity contribution >= 4 is 16.1 Å². The third-order valence-corrected chi connectivity index (χ3v) is 3.32. The van der Waals surface area contributed by atoms with Crippen LogP contribution in [-0.2, 0) is 19.5 Å². The Bertz CT molecular complexity index is 582. The largest absolute Gasteiger partial charge is 0.450 e. The number of ether oxygens (including phenoxy) is 2. The predicted octanol–water partition coefficient (Wildman–Crippen LogP) is 1.73. The van der Waals surface area contributed by atoms with E-state index in [2.05, 4.69) is 10.3 Å². The Labute approximate surface area is 113 Å². The summed E-state index contributed by atoms with van der Waals surface area (Å²) in [6, 6.07) is 6.31. The molecule has 0 unspecified atom stereocenters. The number of aryl methyl sites for hydroxylation is 1. The van der Waals surface area contributed by atoms with Crippen molar-refractivity contribution in [2.75, 3.05) is 13.2 Å². The maximum atomic E-state index is 12.0. The number of terminal acetylenes is 1. The first-order chi connectivity index (χ1) is 8.99. The molecule has 0 saturated heterocycles. The van der Waals surface area contributed by atoms with Crippen LogP contribution in [0.1, 0.15) is 12.5 Å². The van der Waals surface area contributed by atoms with Crippen molar-refractivity contribution < 1.29 is 17.9 Å². The Morgan fingerprint density at radius 2 is 1.95 bits per heavy atom. The second kappa shape index (κ2) is 6.81. The van der Waals surface area contributed by atoms with E-state index in [9.17, 15) is 8.42 Å². The standard InChI is InChI=1S/C13H15NO4S/c1-4-10-18-13(17-5-2)14-19(15,16)12-8-6-11(3)7-9-12/h1,6-9H,5,10H2,2-3H3. The highest BCUT2D eigenvalue weighted by atomic mass is 32.2. The fourth-order valence-corrected chi connectivity index (χ4v) is 2.07. The van der Waals surface area contributed by atoms with E-state index in [1.165, 1.54) is 12.1 Å². The van der Waals surface area contributed by atoms with Gasteiger partial charge in [-0.3, -0.25) is 0 Å². The van der Waals surface area contributed by atoms with Crippen LogP contribution in [-0.4, -0.2) is 27.7 Å². The molecule has 1 aromatic carbocycles. The molecule has 0 amide bonds. The summed E-state index contributed by atoms with van der Waals surface area (Å²) >= 11 is 0. The zero-order valence-corrected chi connectivity index (χ0v) is 11.6. The van der Waals surface area contributed by atoms with Gasteiger partial charge in [0, 0.05) is 0 Å². The van der Waals surface area contributed by atoms with Gasteiger partial charge in [0.15, 0.2) is 6.61 Å². The van der Waals surface area contributed by atoms with Crippen LogP contribution in [0.15, 0.2) is 33.6 Å². The zero-order valence-electron chi connectivity index (χ0n) is 10.8. The highest BCUT2D eigenvalue weighted by Gasteiger charge is 2.15. The number of nitrogens with zero attached hydrogens (tertiary/aromatic N) is 1. The summed E-state index contributed by atoms with van der Waals surface area (Å²) in [7, 11) is -3.86. The molecule has 0 N–H and O–H groups in total. The minimum absolute atomic E-state index is 0.0691. The van der Waals surface area contributed by atoms with E-state index in [1.54, 1.807) is 19.1 Å². The van der Waals surface area contributed by atoms with Crippen molar-refractivity contribution in [2.45, 2.75) is 18.7 Å². The summed E-state index contributed by atoms with van der Waals surface area (Å²) < 4.78 is 37.4. The molecule has 5 nitrogen and oxygen atoms in total. The lowest BCUT2D eigenvalue weighted by molar-refractivity contribution is 0.194. The van der Waals surface area contributed by atoms with Crippen molar-refractivity contribution in [3.05, 3.63) is 29.8 Å². The summed E-state index contributed by atoms with van der Waals surface area (Å²) in [6.45, 7) is 3.67. The first-order valence-corrected chi connectivity index (χ1v) is 7.04. The molecule has 0 heterocycles. The van der Waals surface area contributed by atoms with Crippen LogP contribution >= 0.6 is 0 Å². The van der Waals surface area contributed by atoms with E-state index < -0.39 is 10.0 Å². The van der Waals surface area contributed by atoms with Crippen molar-refractivity contribution in [2.24, 2.45) is 4.40 Å². The fraction of sp³-hybridized carbons (Fsp3) is 0.308. The van der Waals surface area contributed by atoms with Crippen LogP contribution < -0.4 is 0 Å². The molecule has 0 atom stereocenters. The molecule has 0 aliphatic carbocycles. The quantitative estimate of drug-likeness (QED) is 0.479. The van der Waals surface area contributed by atoms with Gasteiger partial charge in [0.1, 0.15) is 0 Å². The molecule has 0 aliphatic heterocycles. The van der Waals surface area contributed by atoms with E-state index in [4.69, 9.17) is 15.9 Å². The van der Waals surface area contributed by atoms with Crippen LogP contribution in [0.5, 0.6) is 0 Å². The van der Waals surface area contributed by atoms with E-state index >= 15 is 0 Å². The van der Waals surface area contributed by atoms with Crippen molar-refractivity contribution in [3.8, 4) is 12.3 Å². The molecule has 0 spiro atoms. The molecule has 102 valence electrons. The Hall–Kier alpha value is -2.00. The molecule has 0 saturated carbocycles. The molecule has 19 heavy (non-hydrogen) atoms. The van der Waals surface area contributed by atoms with E-state index in [0.717, 1.165) is 5.56 Å². The highest BCUT2D eigenvalue weighted by molar-refractivity contribution is 7.90. The summed E-state index contributed by atoms with van der Waals surface area (Å²) in [4.78, 5) is 0.0691. The van der Waals surface area contributed by atoms with Gasteiger partial charge < -0.3 is 9.47 Å². The molecular formula is C13H15NO4S. The van der Waals surface area contributed by atoms with Crippen molar-refractivity contribution in [1.82, 2.24) is 0 Å². The first kappa shape index (κ1) is 15.1. The van der Waals surface area contributed by atoms with Gasteiger partial charge in [0.05, 0.1) is 11.5 Å². The topological polar surface area (TPSA) is 65.0 Å². The maximum Gasteiger partial charge on any atom is 0.400 e. The Morgan fingerprint density at radius 1 is 1.32 bits per heavy atom. The summed E-state index contributed by atoms with van der Waals surface area (Å²) in [5.74, 6) is 2.21. The monoisotopic (exact) mass is 281 g/mol. The normalized spacial score (nSPS) is 11.7. The Kier molecular flexibility index (Phi) is 5.39. The third-order valence-electron chi connectivity index (χ3n) is 2.06. The van der Waals surface area contributed by atoms with Crippen LogP contribution in [0.2, 0.25) is 0 Å². The van der Waals surface area contributed by atoms with Gasteiger partial charge in [-0.2, -0.15) is 8.42 Å². The van der Waals surface area contributed by atoms with Gasteiger partial charge >= 0.3 is 6.08 Å². The SMILES string of the molecule is C#CCOC(=NS(=O)(=O)c1ccc(C)cc1)OCC. The van der Waals surface area contributed by atoms with Gasteiger partial charge in [-0.1, -0.05) is 28.0 Å². The van der Waals surface area contributed by atoms with Gasteiger partial charge in [0.2, 0.25) is 0 Å². The molecule has 1 rings (SSSR count). The Balaban J connectivity index is 3.03. The summed E-state index contributed by atoms with van der Waals surface area (Å²) in [5.41, 5.74) is 0.955. The van der Waals surface area contributed by atoms with Crippen molar-refractivity contribution in [1.29, 1.82) is 0 Å². The second-order valence-electron chi connectivity index (χ2n) is 3.57. The number of rotatable bonds is 4. The number of hydrogen-bond acceptors (Lipinski definition) is 4. The average molecular weight is 281 g/mol. The maximum absolute atomic E-state index is 12.0. The van der Waals surface area contributed by atoms with E-state index in [-0.39, 0.29) is 24.2 Å². The van der Waals surface area contributed by atoms with E-state index in [1.807, 2.05) is 6.92 Å². The van der Waals surface area contributed by atoms with Crippen LogP contribution in [0, 0.1) is 19.3 Å². The zero-order chi connectivity index (χ0) is 14.3. The molecule has 0 radical (unpaired) electrons. The van der Waals surface area contributed by atoms with Gasteiger partial charge in [-0.25, -0.2) is 0 Å². The van der Waals surface area contributed by atoms with Gasteiger partial charge in [0.25, 0.3) is 10.0 Å². The highest BCUT2D eigenvalue weighted by Crippen LogP contribution is 2.13. The molecule has 0 aromatic heterocycles. The van der Waals surface area contributed by atoms with E-state index in [0.29, 0.717) is 0 Å². The Morgan fingerprint density at radius 3 is 2.47 bits per heavy atom. The lowest BCUT2D eigenvalue weighted by Crippen LogP contribution is -2.13. The van der Waals surface area contributed by atoms with Crippen molar-refractivity contribution in [3.63, 3.8) is 0 Å². The summed E-state index contributed by atoms with van der Waals surface area (Å²) in [5, 5.41) is 0. The molecular weight excluding hydrogens is 266 g/mol. The smallest absolute Gasteiger partial charge is 0.400 e. The number of benzene rings is 1. The number of sulfonamides is 1. The molecule has 0 fully saturated rings. The first-order valence-electron chi connectivity index (χ1n) is 5.60. The summed E-state index contributed by atoms with van der Waals surface area (Å²) in [6.07, 6.45) is 4.68. The van der Waals surface area contributed by atoms with Crippen LogP contribution in [0.25, 0.3) is 0 Å². The fourth-order valence-electron chi connectivity index (χ4n) is 1.18. The minimum Gasteiger partial charge on any atom is -0.450 e. The van der Waals surface area contributed by atoms with Crippen LogP contribution in [0.3, 0.4) is 0 Å². The van der Waals surface area contributed by atoms with Crippen LogP contribution in [0.4, 0.5) is 0 Å². The second-order valence-corrected chi connectivity index (χ2v) is 5.18.